The van der Waals surface area contributed by atoms with Crippen molar-refractivity contribution in [2.24, 2.45) is 0 Å². The van der Waals surface area contributed by atoms with Gasteiger partial charge in [-0.2, -0.15) is 0 Å². The Balaban J connectivity index is 2.59. The molecule has 0 amide bonds. The van der Waals surface area contributed by atoms with Gasteiger partial charge in [0.05, 0.1) is 21.4 Å². The summed E-state index contributed by atoms with van der Waals surface area (Å²) in [6.07, 6.45) is 0. The molecule has 0 aliphatic carbocycles. The number of alkyl halides is 1. The maximum Gasteiger partial charge on any atom is 0.139 e. The van der Waals surface area contributed by atoms with Crippen LogP contribution in [0.2, 0.25) is 0 Å². The number of halogens is 3. The van der Waals surface area contributed by atoms with Gasteiger partial charge in [-0.25, -0.2) is 9.37 Å². The van der Waals surface area contributed by atoms with Gasteiger partial charge in [-0.05, 0) is 43.0 Å². The van der Waals surface area contributed by atoms with Crippen molar-refractivity contribution in [3.05, 3.63) is 28.2 Å². The van der Waals surface area contributed by atoms with E-state index in [0.29, 0.717) is 10.4 Å². The molecule has 2 aromatic rings. The Morgan fingerprint density at radius 2 is 2.16 bits per heavy atom. The highest BCUT2D eigenvalue weighted by Crippen LogP contribution is 2.27. The van der Waals surface area contributed by atoms with E-state index in [1.165, 1.54) is 6.07 Å². The van der Waals surface area contributed by atoms with Gasteiger partial charge in [0.25, 0.3) is 0 Å². The quantitative estimate of drug-likeness (QED) is 0.784. The molecule has 0 aliphatic rings. The Morgan fingerprint density at radius 3 is 2.74 bits per heavy atom. The van der Waals surface area contributed by atoms with Gasteiger partial charge in [0.1, 0.15) is 11.6 Å². The lowest BCUT2D eigenvalue weighted by atomic mass is 10.2. The molecule has 3 nitrogen and oxygen atoms in total. The maximum atomic E-state index is 13.7. The van der Waals surface area contributed by atoms with Crippen LogP contribution in [0.25, 0.3) is 11.0 Å². The van der Waals surface area contributed by atoms with Crippen LogP contribution >= 0.6 is 27.5 Å². The molecular formula is C13H16BrClFN3. The zero-order valence-electron chi connectivity index (χ0n) is 11.1. The average Bonchev–Trinajstić information content (AvgIpc) is 2.66. The van der Waals surface area contributed by atoms with Crippen molar-refractivity contribution in [2.75, 3.05) is 20.6 Å². The molecule has 0 spiro atoms. The van der Waals surface area contributed by atoms with Crippen LogP contribution in [0, 0.1) is 5.82 Å². The number of benzene rings is 1. The van der Waals surface area contributed by atoms with Crippen LogP contribution in [0.15, 0.2) is 16.6 Å². The third kappa shape index (κ3) is 2.93. The predicted molar refractivity (Wildman–Crippen MR) is 80.2 cm³/mol. The summed E-state index contributed by atoms with van der Waals surface area (Å²) < 4.78 is 16.2. The number of rotatable bonds is 4. The number of hydrogen-bond donors (Lipinski definition) is 0. The van der Waals surface area contributed by atoms with E-state index in [1.54, 1.807) is 6.07 Å². The van der Waals surface area contributed by atoms with Crippen LogP contribution in [0.5, 0.6) is 0 Å². The van der Waals surface area contributed by atoms with Gasteiger partial charge in [0.15, 0.2) is 0 Å². The second-order valence-electron chi connectivity index (χ2n) is 4.90. The summed E-state index contributed by atoms with van der Waals surface area (Å²) in [7, 11) is 4.01. The summed E-state index contributed by atoms with van der Waals surface area (Å²) in [6.45, 7) is 2.92. The number of aromatic nitrogens is 2. The topological polar surface area (TPSA) is 21.1 Å². The van der Waals surface area contributed by atoms with E-state index in [-0.39, 0.29) is 11.9 Å². The molecule has 1 aromatic heterocycles. The van der Waals surface area contributed by atoms with Gasteiger partial charge in [-0.3, -0.25) is 0 Å². The van der Waals surface area contributed by atoms with E-state index in [9.17, 15) is 4.39 Å². The molecule has 0 saturated heterocycles. The number of imidazole rings is 1. The molecule has 0 saturated carbocycles. The molecule has 6 heteroatoms. The number of fused-ring (bicyclic) bond motifs is 1. The molecule has 0 bridgehead atoms. The number of nitrogens with zero attached hydrogens (tertiary/aromatic N) is 3. The second-order valence-corrected chi connectivity index (χ2v) is 6.02. The summed E-state index contributed by atoms with van der Waals surface area (Å²) in [5.74, 6) is 0.793. The molecule has 1 unspecified atom stereocenters. The SMILES string of the molecule is CC(CN(C)C)n1c(CCl)nc2cc(Br)c(F)cc21. The van der Waals surface area contributed by atoms with Crippen molar-refractivity contribution >= 4 is 38.6 Å². The minimum atomic E-state index is -0.285. The van der Waals surface area contributed by atoms with Crippen molar-refractivity contribution in [3.63, 3.8) is 0 Å². The van der Waals surface area contributed by atoms with E-state index in [2.05, 4.69) is 32.7 Å². The third-order valence-electron chi connectivity index (χ3n) is 2.99. The zero-order chi connectivity index (χ0) is 14.2. The molecular weight excluding hydrogens is 333 g/mol. The fourth-order valence-electron chi connectivity index (χ4n) is 2.34. The van der Waals surface area contributed by atoms with Crippen molar-refractivity contribution in [1.29, 1.82) is 0 Å². The second kappa shape index (κ2) is 5.77. The standard InChI is InChI=1S/C13H16BrClFN3/c1-8(7-18(2)3)19-12-5-10(16)9(14)4-11(12)17-13(19)6-15/h4-5,8H,6-7H2,1-3H3. The lowest BCUT2D eigenvalue weighted by Crippen LogP contribution is -2.23. The van der Waals surface area contributed by atoms with Crippen LogP contribution in [-0.2, 0) is 5.88 Å². The predicted octanol–water partition coefficient (Wildman–Crippen LogP) is 3.80. The molecule has 1 heterocycles. The number of likely N-dealkylation sites (N-methyl/N-ethyl adjacent to an activating group) is 1. The fourth-order valence-corrected chi connectivity index (χ4v) is 2.86. The van der Waals surface area contributed by atoms with Gasteiger partial charge in [0.2, 0.25) is 0 Å². The molecule has 0 radical (unpaired) electrons. The Kier molecular flexibility index (Phi) is 4.48. The molecule has 104 valence electrons. The first-order valence-corrected chi connectivity index (χ1v) is 7.33. The largest absolute Gasteiger partial charge is 0.323 e. The van der Waals surface area contributed by atoms with E-state index >= 15 is 0 Å². The first-order chi connectivity index (χ1) is 8.93. The Labute approximate surface area is 125 Å². The molecule has 2 rings (SSSR count). The molecule has 0 aliphatic heterocycles. The van der Waals surface area contributed by atoms with Crippen LogP contribution in [0.3, 0.4) is 0 Å². The summed E-state index contributed by atoms with van der Waals surface area (Å²) >= 11 is 9.15. The van der Waals surface area contributed by atoms with Gasteiger partial charge in [-0.15, -0.1) is 11.6 Å². The Hall–Kier alpha value is -0.650. The smallest absolute Gasteiger partial charge is 0.139 e. The zero-order valence-corrected chi connectivity index (χ0v) is 13.5. The van der Waals surface area contributed by atoms with Crippen molar-refractivity contribution in [1.82, 2.24) is 14.5 Å². The third-order valence-corrected chi connectivity index (χ3v) is 3.84. The Bertz CT molecular complexity index is 597. The van der Waals surface area contributed by atoms with E-state index in [4.69, 9.17) is 11.6 Å². The highest BCUT2D eigenvalue weighted by Gasteiger charge is 2.17. The maximum absolute atomic E-state index is 13.7. The highest BCUT2D eigenvalue weighted by molar-refractivity contribution is 9.10. The normalized spacial score (nSPS) is 13.4. The first kappa shape index (κ1) is 14.8. The van der Waals surface area contributed by atoms with Gasteiger partial charge < -0.3 is 9.47 Å². The van der Waals surface area contributed by atoms with Crippen molar-refractivity contribution in [3.8, 4) is 0 Å². The van der Waals surface area contributed by atoms with Crippen molar-refractivity contribution in [2.45, 2.75) is 18.8 Å². The lowest BCUT2D eigenvalue weighted by molar-refractivity contribution is 0.337. The highest BCUT2D eigenvalue weighted by atomic mass is 79.9. The molecule has 0 N–H and O–H groups in total. The van der Waals surface area contributed by atoms with Gasteiger partial charge in [0, 0.05) is 18.7 Å². The molecule has 19 heavy (non-hydrogen) atoms. The summed E-state index contributed by atoms with van der Waals surface area (Å²) in [6, 6.07) is 3.38. The summed E-state index contributed by atoms with van der Waals surface area (Å²) in [5, 5.41) is 0. The van der Waals surface area contributed by atoms with Gasteiger partial charge >= 0.3 is 0 Å². The minimum Gasteiger partial charge on any atom is -0.323 e. The van der Waals surface area contributed by atoms with Gasteiger partial charge in [-0.1, -0.05) is 0 Å². The Morgan fingerprint density at radius 1 is 1.47 bits per heavy atom. The van der Waals surface area contributed by atoms with Crippen LogP contribution in [0.4, 0.5) is 4.39 Å². The van der Waals surface area contributed by atoms with E-state index in [1.807, 2.05) is 18.7 Å². The lowest BCUT2D eigenvalue weighted by Gasteiger charge is -2.20. The average molecular weight is 349 g/mol. The van der Waals surface area contributed by atoms with Crippen LogP contribution in [0.1, 0.15) is 18.8 Å². The van der Waals surface area contributed by atoms with E-state index in [0.717, 1.165) is 23.4 Å². The van der Waals surface area contributed by atoms with E-state index < -0.39 is 0 Å². The summed E-state index contributed by atoms with van der Waals surface area (Å²) in [5.41, 5.74) is 1.54. The van der Waals surface area contributed by atoms with Crippen LogP contribution < -0.4 is 0 Å². The molecule has 1 atom stereocenters. The monoisotopic (exact) mass is 347 g/mol. The van der Waals surface area contributed by atoms with Crippen molar-refractivity contribution < 1.29 is 4.39 Å². The van der Waals surface area contributed by atoms with Crippen LogP contribution in [-0.4, -0.2) is 35.1 Å². The fraction of sp³-hybridized carbons (Fsp3) is 0.462. The molecule has 1 aromatic carbocycles. The number of hydrogen-bond acceptors (Lipinski definition) is 2. The minimum absolute atomic E-state index is 0.175. The summed E-state index contributed by atoms with van der Waals surface area (Å²) in [4.78, 5) is 6.56. The first-order valence-electron chi connectivity index (χ1n) is 6.00. The molecule has 0 fully saturated rings.